The van der Waals surface area contributed by atoms with Crippen molar-refractivity contribution < 1.29 is 4.39 Å². The van der Waals surface area contributed by atoms with Gasteiger partial charge in [-0.05, 0) is 41.6 Å². The molecule has 114 valence electrons. The number of aliphatic imine (C=N–C) groups is 1. The first-order valence-corrected chi connectivity index (χ1v) is 7.60. The van der Waals surface area contributed by atoms with E-state index in [0.29, 0.717) is 5.96 Å². The number of fused-ring (bicyclic) bond motifs is 2. The van der Waals surface area contributed by atoms with Crippen LogP contribution in [-0.4, -0.2) is 12.5 Å². The molecule has 1 heterocycles. The molecule has 0 radical (unpaired) electrons. The van der Waals surface area contributed by atoms with Gasteiger partial charge in [0.1, 0.15) is 5.82 Å². The molecule has 0 bridgehead atoms. The van der Waals surface area contributed by atoms with Crippen LogP contribution in [0.4, 0.5) is 15.8 Å². The Morgan fingerprint density at radius 3 is 2.78 bits per heavy atom. The van der Waals surface area contributed by atoms with Crippen molar-refractivity contribution in [1.82, 2.24) is 0 Å². The zero-order valence-electron chi connectivity index (χ0n) is 12.5. The molecule has 0 unspecified atom stereocenters. The van der Waals surface area contributed by atoms with Gasteiger partial charge >= 0.3 is 0 Å². The maximum absolute atomic E-state index is 13.3. The molecule has 4 heteroatoms. The zero-order chi connectivity index (χ0) is 15.8. The van der Waals surface area contributed by atoms with E-state index in [1.54, 1.807) is 12.1 Å². The minimum atomic E-state index is -0.213. The summed E-state index contributed by atoms with van der Waals surface area (Å²) >= 11 is 0. The predicted octanol–water partition coefficient (Wildman–Crippen LogP) is 3.99. The summed E-state index contributed by atoms with van der Waals surface area (Å²) in [6.45, 7) is 0.721. The van der Waals surface area contributed by atoms with Crippen LogP contribution in [0.5, 0.6) is 0 Å². The first kappa shape index (κ1) is 13.8. The quantitative estimate of drug-likeness (QED) is 0.545. The van der Waals surface area contributed by atoms with Gasteiger partial charge in [0.25, 0.3) is 0 Å². The van der Waals surface area contributed by atoms with E-state index < -0.39 is 0 Å². The highest BCUT2D eigenvalue weighted by molar-refractivity contribution is 6.01. The van der Waals surface area contributed by atoms with Crippen LogP contribution in [0.1, 0.15) is 5.56 Å². The molecule has 3 aromatic carbocycles. The number of nitrogens with zero attached hydrogens (tertiary/aromatic N) is 2. The highest BCUT2D eigenvalue weighted by Gasteiger charge is 2.22. The lowest BCUT2D eigenvalue weighted by Gasteiger charge is -2.18. The second-order valence-electron chi connectivity index (χ2n) is 5.64. The molecule has 0 saturated heterocycles. The van der Waals surface area contributed by atoms with Crippen molar-refractivity contribution in [3.63, 3.8) is 0 Å². The van der Waals surface area contributed by atoms with Crippen molar-refractivity contribution in [3.8, 4) is 0 Å². The normalized spacial score (nSPS) is 14.3. The summed E-state index contributed by atoms with van der Waals surface area (Å²) in [6, 6.07) is 18.9. The van der Waals surface area contributed by atoms with Gasteiger partial charge in [0.2, 0.25) is 5.96 Å². The minimum Gasteiger partial charge on any atom is -0.369 e. The Morgan fingerprint density at radius 2 is 1.87 bits per heavy atom. The average molecular weight is 305 g/mol. The Bertz CT molecular complexity index is 912. The van der Waals surface area contributed by atoms with Crippen LogP contribution in [0.2, 0.25) is 0 Å². The Hall–Kier alpha value is -2.88. The molecule has 0 saturated carbocycles. The maximum atomic E-state index is 13.3. The molecule has 23 heavy (non-hydrogen) atoms. The lowest BCUT2D eigenvalue weighted by molar-refractivity contribution is 0.626. The molecule has 1 aliphatic heterocycles. The Kier molecular flexibility index (Phi) is 3.23. The van der Waals surface area contributed by atoms with Gasteiger partial charge in [-0.25, -0.2) is 9.38 Å². The van der Waals surface area contributed by atoms with E-state index >= 15 is 0 Å². The molecule has 4 rings (SSSR count). The van der Waals surface area contributed by atoms with Gasteiger partial charge in [0.15, 0.2) is 0 Å². The summed E-state index contributed by atoms with van der Waals surface area (Å²) in [5.74, 6) is 0.224. The van der Waals surface area contributed by atoms with Crippen molar-refractivity contribution in [2.75, 3.05) is 11.4 Å². The predicted molar refractivity (Wildman–Crippen MR) is 92.7 cm³/mol. The number of hydrogen-bond acceptors (Lipinski definition) is 1. The molecule has 0 amide bonds. The smallest absolute Gasteiger partial charge is 0.201 e. The van der Waals surface area contributed by atoms with Gasteiger partial charge in [-0.1, -0.05) is 36.4 Å². The first-order chi connectivity index (χ1) is 11.2. The van der Waals surface area contributed by atoms with Crippen LogP contribution in [0, 0.1) is 5.82 Å². The fourth-order valence-corrected chi connectivity index (χ4v) is 3.10. The van der Waals surface area contributed by atoms with Gasteiger partial charge in [0, 0.05) is 17.6 Å². The van der Waals surface area contributed by atoms with Crippen molar-refractivity contribution in [2.45, 2.75) is 6.42 Å². The third-order valence-electron chi connectivity index (χ3n) is 4.22. The van der Waals surface area contributed by atoms with Crippen molar-refractivity contribution in [2.24, 2.45) is 10.7 Å². The molecule has 0 aliphatic carbocycles. The molecule has 0 spiro atoms. The Morgan fingerprint density at radius 1 is 1.04 bits per heavy atom. The molecule has 1 aliphatic rings. The first-order valence-electron chi connectivity index (χ1n) is 7.60. The minimum absolute atomic E-state index is 0.213. The molecular weight excluding hydrogens is 289 g/mol. The highest BCUT2D eigenvalue weighted by atomic mass is 19.1. The van der Waals surface area contributed by atoms with Crippen LogP contribution < -0.4 is 10.6 Å². The number of hydrogen-bond donors (Lipinski definition) is 1. The monoisotopic (exact) mass is 305 g/mol. The van der Waals surface area contributed by atoms with Gasteiger partial charge in [0.05, 0.1) is 5.69 Å². The maximum Gasteiger partial charge on any atom is 0.201 e. The molecule has 3 nitrogen and oxygen atoms in total. The molecule has 3 aromatic rings. The van der Waals surface area contributed by atoms with Crippen LogP contribution in [0.15, 0.2) is 65.7 Å². The third kappa shape index (κ3) is 2.42. The van der Waals surface area contributed by atoms with Crippen LogP contribution >= 0.6 is 0 Å². The zero-order valence-corrected chi connectivity index (χ0v) is 12.5. The van der Waals surface area contributed by atoms with E-state index in [9.17, 15) is 4.39 Å². The Labute approximate surface area is 133 Å². The number of anilines is 1. The van der Waals surface area contributed by atoms with Crippen LogP contribution in [0.25, 0.3) is 10.8 Å². The van der Waals surface area contributed by atoms with E-state index in [0.717, 1.165) is 40.7 Å². The van der Waals surface area contributed by atoms with Crippen LogP contribution in [0.3, 0.4) is 0 Å². The average Bonchev–Trinajstić information content (AvgIpc) is 2.98. The van der Waals surface area contributed by atoms with Crippen LogP contribution in [-0.2, 0) is 6.42 Å². The molecule has 0 atom stereocenters. The highest BCUT2D eigenvalue weighted by Crippen LogP contribution is 2.30. The van der Waals surface area contributed by atoms with E-state index in [2.05, 4.69) is 17.1 Å². The largest absolute Gasteiger partial charge is 0.369 e. The second-order valence-corrected chi connectivity index (χ2v) is 5.64. The van der Waals surface area contributed by atoms with E-state index in [4.69, 9.17) is 5.73 Å². The van der Waals surface area contributed by atoms with Gasteiger partial charge in [-0.15, -0.1) is 0 Å². The van der Waals surface area contributed by atoms with Gasteiger partial charge in [-0.2, -0.15) is 0 Å². The molecule has 2 N–H and O–H groups in total. The second kappa shape index (κ2) is 5.39. The number of halogens is 1. The fourth-order valence-electron chi connectivity index (χ4n) is 3.10. The summed E-state index contributed by atoms with van der Waals surface area (Å²) in [6.07, 6.45) is 0.777. The van der Waals surface area contributed by atoms with Crippen molar-refractivity contribution in [1.29, 1.82) is 0 Å². The standard InChI is InChI=1S/C19H16FN3/c20-15-8-9-18-14(12-15)10-11-23(18)19(21)22-17-7-3-5-13-4-1-2-6-16(13)17/h1-9,12H,10-11H2,(H2,21,22). The van der Waals surface area contributed by atoms with Crippen molar-refractivity contribution >= 4 is 28.1 Å². The summed E-state index contributed by atoms with van der Waals surface area (Å²) in [5.41, 5.74) is 8.99. The fraction of sp³-hybridized carbons (Fsp3) is 0.105. The van der Waals surface area contributed by atoms with E-state index in [1.165, 1.54) is 6.07 Å². The number of rotatable bonds is 1. The molecule has 0 fully saturated rings. The number of nitrogens with two attached hydrogens (primary N) is 1. The Balaban J connectivity index is 1.75. The molecule has 0 aromatic heterocycles. The summed E-state index contributed by atoms with van der Waals surface area (Å²) in [7, 11) is 0. The number of guanidine groups is 1. The SMILES string of the molecule is NC(=Nc1cccc2ccccc12)N1CCc2cc(F)ccc21. The lowest BCUT2D eigenvalue weighted by Crippen LogP contribution is -2.35. The molecular formula is C19H16FN3. The van der Waals surface area contributed by atoms with Gasteiger partial charge in [-0.3, -0.25) is 0 Å². The third-order valence-corrected chi connectivity index (χ3v) is 4.22. The van der Waals surface area contributed by atoms with E-state index in [-0.39, 0.29) is 5.82 Å². The topological polar surface area (TPSA) is 41.6 Å². The van der Waals surface area contributed by atoms with E-state index in [1.807, 2.05) is 35.2 Å². The summed E-state index contributed by atoms with van der Waals surface area (Å²) in [5, 5.41) is 2.20. The van der Waals surface area contributed by atoms with Crippen molar-refractivity contribution in [3.05, 3.63) is 72.0 Å². The summed E-state index contributed by atoms with van der Waals surface area (Å²) in [4.78, 5) is 6.56. The van der Waals surface area contributed by atoms with Gasteiger partial charge < -0.3 is 10.6 Å². The number of benzene rings is 3. The summed E-state index contributed by atoms with van der Waals surface area (Å²) < 4.78 is 13.3. The lowest BCUT2D eigenvalue weighted by atomic mass is 10.1.